The Kier molecular flexibility index (Phi) is 5.20. The second-order valence-corrected chi connectivity index (χ2v) is 4.66. The molecular formula is C14H15FN6O3. The fourth-order valence-electron chi connectivity index (χ4n) is 1.76. The molecule has 0 saturated carbocycles. The third-order valence-corrected chi connectivity index (χ3v) is 2.97. The van der Waals surface area contributed by atoms with E-state index in [9.17, 15) is 14.0 Å². The van der Waals surface area contributed by atoms with Gasteiger partial charge in [-0.1, -0.05) is 0 Å². The average molecular weight is 334 g/mol. The first-order valence-electron chi connectivity index (χ1n) is 6.76. The Morgan fingerprint density at radius 3 is 2.67 bits per heavy atom. The van der Waals surface area contributed by atoms with Gasteiger partial charge in [-0.05, 0) is 13.0 Å². The lowest BCUT2D eigenvalue weighted by atomic mass is 10.3. The zero-order valence-electron chi connectivity index (χ0n) is 13.2. The number of nitrogens with zero attached hydrogens (tertiary/aromatic N) is 4. The van der Waals surface area contributed by atoms with E-state index in [0.29, 0.717) is 17.3 Å². The molecule has 0 radical (unpaired) electrons. The molecule has 24 heavy (non-hydrogen) atoms. The van der Waals surface area contributed by atoms with Gasteiger partial charge >= 0.3 is 11.8 Å². The lowest BCUT2D eigenvalue weighted by molar-refractivity contribution is -0.136. The third-order valence-electron chi connectivity index (χ3n) is 2.97. The van der Waals surface area contributed by atoms with E-state index in [0.717, 1.165) is 10.9 Å². The van der Waals surface area contributed by atoms with E-state index < -0.39 is 17.8 Å². The molecule has 0 fully saturated rings. The molecule has 2 aromatic rings. The van der Waals surface area contributed by atoms with Crippen LogP contribution in [0.4, 0.5) is 10.1 Å². The minimum absolute atomic E-state index is 0.123. The highest BCUT2D eigenvalue weighted by Crippen LogP contribution is 2.10. The number of methoxy groups -OCH3 is 1. The highest BCUT2D eigenvalue weighted by Gasteiger charge is 2.14. The quantitative estimate of drug-likeness (QED) is 0.476. The molecule has 0 spiro atoms. The zero-order valence-corrected chi connectivity index (χ0v) is 13.2. The van der Waals surface area contributed by atoms with Gasteiger partial charge in [-0.3, -0.25) is 9.59 Å². The number of hydrogen-bond acceptors (Lipinski definition) is 6. The van der Waals surface area contributed by atoms with Gasteiger partial charge in [-0.25, -0.2) is 15.1 Å². The van der Waals surface area contributed by atoms with Crippen LogP contribution in [-0.2, 0) is 16.6 Å². The lowest BCUT2D eigenvalue weighted by Crippen LogP contribution is -2.32. The summed E-state index contributed by atoms with van der Waals surface area (Å²) in [7, 11) is 2.90. The van der Waals surface area contributed by atoms with Crippen molar-refractivity contribution in [3.05, 3.63) is 35.5 Å². The fraction of sp³-hybridized carbons (Fsp3) is 0.214. The monoisotopic (exact) mass is 334 g/mol. The first-order valence-corrected chi connectivity index (χ1v) is 6.76. The summed E-state index contributed by atoms with van der Waals surface area (Å²) in [4.78, 5) is 27.2. The van der Waals surface area contributed by atoms with Gasteiger partial charge in [-0.2, -0.15) is 14.6 Å². The Labute approximate surface area is 136 Å². The summed E-state index contributed by atoms with van der Waals surface area (Å²) in [5.74, 6) is -2.18. The first kappa shape index (κ1) is 17.1. The minimum atomic E-state index is -1.01. The molecule has 0 unspecified atom stereocenters. The smallest absolute Gasteiger partial charge is 0.329 e. The number of hydrazone groups is 1. The SMILES string of the molecule is COc1ccc(NC(=O)C(=O)N/N=C\c2c(C)nn(C)c2F)cn1. The van der Waals surface area contributed by atoms with E-state index in [1.54, 1.807) is 6.92 Å². The van der Waals surface area contributed by atoms with E-state index in [1.807, 2.05) is 5.43 Å². The van der Waals surface area contributed by atoms with Crippen LogP contribution in [-0.4, -0.2) is 39.9 Å². The number of aromatic nitrogens is 3. The lowest BCUT2D eigenvalue weighted by Gasteiger charge is -2.04. The van der Waals surface area contributed by atoms with Crippen LogP contribution in [0.15, 0.2) is 23.4 Å². The molecule has 0 bridgehead atoms. The highest BCUT2D eigenvalue weighted by molar-refractivity contribution is 6.39. The van der Waals surface area contributed by atoms with Crippen LogP contribution in [0.5, 0.6) is 5.88 Å². The maximum atomic E-state index is 13.7. The molecule has 2 rings (SSSR count). The summed E-state index contributed by atoms with van der Waals surface area (Å²) >= 11 is 0. The van der Waals surface area contributed by atoms with Crippen molar-refractivity contribution in [2.75, 3.05) is 12.4 Å². The van der Waals surface area contributed by atoms with Gasteiger partial charge in [0.05, 0.1) is 36.5 Å². The number of halogens is 1. The highest BCUT2D eigenvalue weighted by atomic mass is 19.1. The van der Waals surface area contributed by atoms with E-state index in [4.69, 9.17) is 4.74 Å². The van der Waals surface area contributed by atoms with E-state index in [2.05, 4.69) is 20.5 Å². The van der Waals surface area contributed by atoms with Crippen LogP contribution in [0, 0.1) is 12.9 Å². The van der Waals surface area contributed by atoms with Crippen molar-refractivity contribution in [3.63, 3.8) is 0 Å². The largest absolute Gasteiger partial charge is 0.481 e. The van der Waals surface area contributed by atoms with Gasteiger partial charge < -0.3 is 10.1 Å². The van der Waals surface area contributed by atoms with Gasteiger partial charge in [0.25, 0.3) is 0 Å². The summed E-state index contributed by atoms with van der Waals surface area (Å²) < 4.78 is 19.6. The molecule has 2 N–H and O–H groups in total. The predicted molar refractivity (Wildman–Crippen MR) is 83.1 cm³/mol. The van der Waals surface area contributed by atoms with Gasteiger partial charge in [-0.15, -0.1) is 0 Å². The van der Waals surface area contributed by atoms with Crippen LogP contribution in [0.3, 0.4) is 0 Å². The van der Waals surface area contributed by atoms with Crippen molar-refractivity contribution in [1.82, 2.24) is 20.2 Å². The Morgan fingerprint density at radius 2 is 2.12 bits per heavy atom. The number of amides is 2. The summed E-state index contributed by atoms with van der Waals surface area (Å²) in [6, 6.07) is 3.05. The van der Waals surface area contributed by atoms with Gasteiger partial charge in [0.15, 0.2) is 0 Å². The Balaban J connectivity index is 1.93. The normalized spacial score (nSPS) is 10.7. The molecule has 2 heterocycles. The van der Waals surface area contributed by atoms with Gasteiger partial charge in [0.1, 0.15) is 0 Å². The number of pyridine rings is 1. The fourth-order valence-corrected chi connectivity index (χ4v) is 1.76. The second kappa shape index (κ2) is 7.31. The molecule has 2 amide bonds. The topological polar surface area (TPSA) is 110 Å². The van der Waals surface area contributed by atoms with E-state index in [-0.39, 0.29) is 5.56 Å². The Bertz CT molecular complexity index is 785. The van der Waals surface area contributed by atoms with Crippen LogP contribution in [0.1, 0.15) is 11.3 Å². The number of aryl methyl sites for hydroxylation is 2. The molecule has 0 aliphatic carbocycles. The Morgan fingerprint density at radius 1 is 1.38 bits per heavy atom. The van der Waals surface area contributed by atoms with E-state index >= 15 is 0 Å². The number of anilines is 1. The number of hydrogen-bond donors (Lipinski definition) is 2. The van der Waals surface area contributed by atoms with Crippen molar-refractivity contribution in [2.45, 2.75) is 6.92 Å². The molecule has 0 atom stereocenters. The molecule has 0 aliphatic heterocycles. The minimum Gasteiger partial charge on any atom is -0.481 e. The molecule has 126 valence electrons. The van der Waals surface area contributed by atoms with E-state index in [1.165, 1.54) is 32.5 Å². The van der Waals surface area contributed by atoms with Crippen LogP contribution >= 0.6 is 0 Å². The number of nitrogens with one attached hydrogen (secondary N) is 2. The van der Waals surface area contributed by atoms with Crippen molar-refractivity contribution >= 4 is 23.7 Å². The first-order chi connectivity index (χ1) is 11.4. The van der Waals surface area contributed by atoms with Gasteiger partial charge in [0, 0.05) is 13.1 Å². The second-order valence-electron chi connectivity index (χ2n) is 4.66. The van der Waals surface area contributed by atoms with Crippen LogP contribution in [0.25, 0.3) is 0 Å². The zero-order chi connectivity index (χ0) is 17.7. The number of carbonyl (C=O) groups is 2. The summed E-state index contributed by atoms with van der Waals surface area (Å²) in [5.41, 5.74) is 2.85. The molecule has 2 aromatic heterocycles. The van der Waals surface area contributed by atoms with Crippen molar-refractivity contribution in [1.29, 1.82) is 0 Å². The van der Waals surface area contributed by atoms with Crippen LogP contribution in [0.2, 0.25) is 0 Å². The van der Waals surface area contributed by atoms with Crippen LogP contribution < -0.4 is 15.5 Å². The molecular weight excluding hydrogens is 319 g/mol. The Hall–Kier alpha value is -3.30. The maximum absolute atomic E-state index is 13.7. The summed E-state index contributed by atoms with van der Waals surface area (Å²) in [6.07, 6.45) is 2.42. The van der Waals surface area contributed by atoms with Crippen molar-refractivity contribution < 1.29 is 18.7 Å². The summed E-state index contributed by atoms with van der Waals surface area (Å²) in [5, 5.41) is 9.74. The maximum Gasteiger partial charge on any atom is 0.329 e. The predicted octanol–water partition coefficient (Wildman–Crippen LogP) is 0.360. The standard InChI is InChI=1S/C14H15FN6O3/c1-8-10(12(15)21(2)20-8)7-17-19-14(23)13(22)18-9-4-5-11(24-3)16-6-9/h4-7H,1-3H3,(H,18,22)(H,19,23)/b17-7-. The number of ether oxygens (including phenoxy) is 1. The molecule has 0 saturated heterocycles. The number of carbonyl (C=O) groups excluding carboxylic acids is 2. The molecule has 9 nitrogen and oxygen atoms in total. The molecule has 0 aliphatic rings. The molecule has 0 aromatic carbocycles. The van der Waals surface area contributed by atoms with Gasteiger partial charge in [0.2, 0.25) is 11.8 Å². The third kappa shape index (κ3) is 3.91. The number of rotatable bonds is 4. The average Bonchev–Trinajstić information content (AvgIpc) is 2.81. The van der Waals surface area contributed by atoms with Crippen molar-refractivity contribution in [3.8, 4) is 5.88 Å². The molecule has 10 heteroatoms. The summed E-state index contributed by atoms with van der Waals surface area (Å²) in [6.45, 7) is 1.59. The van der Waals surface area contributed by atoms with Crippen molar-refractivity contribution in [2.24, 2.45) is 12.1 Å².